The first-order valence-electron chi connectivity index (χ1n) is 13.5. The van der Waals surface area contributed by atoms with Crippen molar-refractivity contribution in [1.82, 2.24) is 4.72 Å². The number of para-hydroxylation sites is 2. The van der Waals surface area contributed by atoms with Crippen molar-refractivity contribution in [3.8, 4) is 5.75 Å². The maximum absolute atomic E-state index is 13.8. The summed E-state index contributed by atoms with van der Waals surface area (Å²) in [7, 11) is -5.98. The van der Waals surface area contributed by atoms with Crippen LogP contribution in [0.5, 0.6) is 5.75 Å². The predicted octanol–water partition coefficient (Wildman–Crippen LogP) is 4.60. The van der Waals surface area contributed by atoms with E-state index < -0.39 is 26.1 Å². The van der Waals surface area contributed by atoms with Crippen molar-refractivity contribution in [3.05, 3.63) is 78.4 Å². The number of hydrogen-bond acceptors (Lipinski definition) is 7. The van der Waals surface area contributed by atoms with Gasteiger partial charge in [-0.2, -0.15) is 0 Å². The lowest BCUT2D eigenvalue weighted by Gasteiger charge is -2.38. The number of nitrogens with zero attached hydrogens (tertiary/aromatic N) is 2. The zero-order chi connectivity index (χ0) is 28.8. The average molecular weight is 587 g/mol. The van der Waals surface area contributed by atoms with Gasteiger partial charge in [-0.3, -0.25) is 4.72 Å². The minimum atomic E-state index is -4.02. The van der Waals surface area contributed by atoms with Crippen molar-refractivity contribution in [2.75, 3.05) is 53.6 Å². The van der Waals surface area contributed by atoms with Gasteiger partial charge < -0.3 is 14.5 Å². The predicted molar refractivity (Wildman–Crippen MR) is 161 cm³/mol. The lowest BCUT2D eigenvalue weighted by Crippen LogP contribution is -2.47. The van der Waals surface area contributed by atoms with Crippen molar-refractivity contribution in [2.24, 2.45) is 0 Å². The van der Waals surface area contributed by atoms with Gasteiger partial charge in [0.05, 0.1) is 24.2 Å². The monoisotopic (exact) mass is 586 g/mol. The van der Waals surface area contributed by atoms with Gasteiger partial charge in [-0.25, -0.2) is 21.6 Å². The Hall–Kier alpha value is -3.28. The molecule has 4 rings (SSSR count). The molecule has 0 amide bonds. The van der Waals surface area contributed by atoms with Crippen molar-refractivity contribution in [2.45, 2.75) is 37.6 Å². The average Bonchev–Trinajstić information content (AvgIpc) is 2.96. The van der Waals surface area contributed by atoms with Crippen molar-refractivity contribution >= 4 is 37.1 Å². The van der Waals surface area contributed by atoms with Crippen LogP contribution in [0.2, 0.25) is 0 Å². The number of piperazine rings is 1. The molecule has 11 heteroatoms. The molecule has 0 radical (unpaired) electrons. The molecule has 0 aromatic heterocycles. The number of unbranched alkanes of at least 4 members (excludes halogenated alkanes) is 1. The van der Waals surface area contributed by atoms with Gasteiger partial charge in [0.2, 0.25) is 20.0 Å². The molecule has 1 fully saturated rings. The molecule has 2 N–H and O–H groups in total. The number of benzene rings is 3. The fraction of sp³-hybridized carbons (Fsp3) is 0.379. The van der Waals surface area contributed by atoms with Crippen LogP contribution in [0.4, 0.5) is 17.1 Å². The third-order valence-corrected chi connectivity index (χ3v) is 9.91. The highest BCUT2D eigenvalue weighted by atomic mass is 32.2. The van der Waals surface area contributed by atoms with Crippen molar-refractivity contribution in [3.63, 3.8) is 0 Å². The van der Waals surface area contributed by atoms with Crippen LogP contribution in [0.1, 0.15) is 38.3 Å². The van der Waals surface area contributed by atoms with Gasteiger partial charge in [0.1, 0.15) is 10.6 Å². The number of anilines is 3. The zero-order valence-electron chi connectivity index (χ0n) is 23.2. The van der Waals surface area contributed by atoms with E-state index >= 15 is 0 Å². The van der Waals surface area contributed by atoms with E-state index in [2.05, 4.69) is 14.3 Å². The lowest BCUT2D eigenvalue weighted by molar-refractivity contribution is 0.413. The molecule has 1 saturated heterocycles. The van der Waals surface area contributed by atoms with Crippen LogP contribution < -0.4 is 24.0 Å². The second-order valence-corrected chi connectivity index (χ2v) is 13.4. The Kier molecular flexibility index (Phi) is 9.60. The molecule has 40 heavy (non-hydrogen) atoms. The second kappa shape index (κ2) is 12.9. The molecule has 1 aliphatic rings. The van der Waals surface area contributed by atoms with E-state index in [0.29, 0.717) is 38.3 Å². The Balaban J connectivity index is 1.63. The topological polar surface area (TPSA) is 108 Å². The molecule has 216 valence electrons. The molecule has 3 aromatic carbocycles. The Bertz CT molecular complexity index is 1490. The van der Waals surface area contributed by atoms with E-state index in [1.54, 1.807) is 26.2 Å². The SMILES string of the molecule is CCCCS(=O)(=O)Nc1ccc(N2CCN(c3ccccc3OC)CC2)c(S(=O)(=O)N[C@H](C)c2ccccc2)c1. The van der Waals surface area contributed by atoms with E-state index in [1.807, 2.05) is 66.4 Å². The summed E-state index contributed by atoms with van der Waals surface area (Å²) in [5.41, 5.74) is 2.58. The minimum absolute atomic E-state index is 0.0263. The summed E-state index contributed by atoms with van der Waals surface area (Å²) >= 11 is 0. The fourth-order valence-corrected chi connectivity index (χ4v) is 7.54. The van der Waals surface area contributed by atoms with Gasteiger partial charge in [-0.05, 0) is 49.2 Å². The van der Waals surface area contributed by atoms with Gasteiger partial charge in [0.15, 0.2) is 0 Å². The molecule has 3 aromatic rings. The summed E-state index contributed by atoms with van der Waals surface area (Å²) in [6.45, 7) is 6.20. The van der Waals surface area contributed by atoms with Gasteiger partial charge in [-0.1, -0.05) is 55.8 Å². The molecule has 1 heterocycles. The van der Waals surface area contributed by atoms with Gasteiger partial charge in [-0.15, -0.1) is 0 Å². The van der Waals surface area contributed by atoms with E-state index in [-0.39, 0.29) is 16.3 Å². The van der Waals surface area contributed by atoms with Crippen LogP contribution >= 0.6 is 0 Å². The van der Waals surface area contributed by atoms with Crippen LogP contribution in [0.3, 0.4) is 0 Å². The first kappa shape index (κ1) is 29.7. The van der Waals surface area contributed by atoms with E-state index in [1.165, 1.54) is 6.07 Å². The number of rotatable bonds is 12. The Labute approximate surface area is 238 Å². The van der Waals surface area contributed by atoms with E-state index in [9.17, 15) is 16.8 Å². The van der Waals surface area contributed by atoms with Crippen LogP contribution in [-0.4, -0.2) is 55.9 Å². The normalized spacial score (nSPS) is 15.1. The highest BCUT2D eigenvalue weighted by Gasteiger charge is 2.28. The van der Waals surface area contributed by atoms with E-state index in [4.69, 9.17) is 4.74 Å². The molecular weight excluding hydrogens is 548 g/mol. The third kappa shape index (κ3) is 7.26. The largest absolute Gasteiger partial charge is 0.495 e. The summed E-state index contributed by atoms with van der Waals surface area (Å²) in [6, 6.07) is 21.4. The summed E-state index contributed by atoms with van der Waals surface area (Å²) in [4.78, 5) is 4.29. The van der Waals surface area contributed by atoms with Gasteiger partial charge in [0, 0.05) is 37.9 Å². The van der Waals surface area contributed by atoms with Gasteiger partial charge >= 0.3 is 0 Å². The van der Waals surface area contributed by atoms with Crippen LogP contribution in [-0.2, 0) is 20.0 Å². The summed E-state index contributed by atoms with van der Waals surface area (Å²) in [6.07, 6.45) is 1.26. The van der Waals surface area contributed by atoms with Crippen LogP contribution in [0.15, 0.2) is 77.7 Å². The number of methoxy groups -OCH3 is 1. The number of nitrogens with one attached hydrogen (secondary N) is 2. The third-order valence-electron chi connectivity index (χ3n) is 6.97. The number of ether oxygens (including phenoxy) is 1. The highest BCUT2D eigenvalue weighted by molar-refractivity contribution is 7.92. The standard InChI is InChI=1S/C29H38N4O5S2/c1-4-5-21-39(34,35)31-25-15-16-27(29(22-25)40(36,37)30-23(2)24-11-7-6-8-12-24)33-19-17-32(18-20-33)26-13-9-10-14-28(26)38-3/h6-16,22-23,30-31H,4-5,17-21H2,1-3H3/t23-/m1/s1. The zero-order valence-corrected chi connectivity index (χ0v) is 24.8. The first-order chi connectivity index (χ1) is 19.1. The molecule has 1 aliphatic heterocycles. The Morgan fingerprint density at radius 2 is 1.48 bits per heavy atom. The Morgan fingerprint density at radius 1 is 0.850 bits per heavy atom. The number of sulfonamides is 2. The smallest absolute Gasteiger partial charge is 0.243 e. The second-order valence-electron chi connectivity index (χ2n) is 9.86. The fourth-order valence-electron chi connectivity index (χ4n) is 4.80. The lowest BCUT2D eigenvalue weighted by atomic mass is 10.1. The molecule has 0 spiro atoms. The maximum Gasteiger partial charge on any atom is 0.243 e. The molecule has 0 bridgehead atoms. The van der Waals surface area contributed by atoms with Gasteiger partial charge in [0.25, 0.3) is 0 Å². The molecule has 0 unspecified atom stereocenters. The summed E-state index contributed by atoms with van der Waals surface area (Å²) < 4.78 is 63.6. The van der Waals surface area contributed by atoms with Crippen LogP contribution in [0.25, 0.3) is 0 Å². The first-order valence-corrected chi connectivity index (χ1v) is 16.6. The van der Waals surface area contributed by atoms with Crippen molar-refractivity contribution < 1.29 is 21.6 Å². The molecule has 0 aliphatic carbocycles. The van der Waals surface area contributed by atoms with Crippen molar-refractivity contribution in [1.29, 1.82) is 0 Å². The summed E-state index contributed by atoms with van der Waals surface area (Å²) in [5.74, 6) is 0.764. The minimum Gasteiger partial charge on any atom is -0.495 e. The molecule has 0 saturated carbocycles. The highest BCUT2D eigenvalue weighted by Crippen LogP contribution is 2.33. The molecular formula is C29H38N4O5S2. The molecule has 9 nitrogen and oxygen atoms in total. The summed E-state index contributed by atoms with van der Waals surface area (Å²) in [5, 5.41) is 0. The maximum atomic E-state index is 13.8. The quantitative estimate of drug-likeness (QED) is 0.319. The van der Waals surface area contributed by atoms with Crippen LogP contribution in [0, 0.1) is 0 Å². The number of hydrogen-bond donors (Lipinski definition) is 2. The van der Waals surface area contributed by atoms with E-state index in [0.717, 1.165) is 23.4 Å². The Morgan fingerprint density at radius 3 is 2.12 bits per heavy atom. The molecule has 1 atom stereocenters.